The van der Waals surface area contributed by atoms with Crippen LogP contribution in [-0.4, -0.2) is 16.1 Å². The molecule has 1 saturated carbocycles. The summed E-state index contributed by atoms with van der Waals surface area (Å²) in [6, 6.07) is 4.41. The van der Waals surface area contributed by atoms with Gasteiger partial charge in [-0.05, 0) is 18.1 Å². The Labute approximate surface area is 159 Å². The summed E-state index contributed by atoms with van der Waals surface area (Å²) in [5, 5.41) is 7.98. The predicted molar refractivity (Wildman–Crippen MR) is 96.3 cm³/mol. The molecule has 0 spiro atoms. The highest BCUT2D eigenvalue weighted by atomic mass is 35.5. The number of halogens is 5. The second kappa shape index (κ2) is 7.89. The van der Waals surface area contributed by atoms with Crippen molar-refractivity contribution < 1.29 is 13.5 Å². The average Bonchev–Trinajstić information content (AvgIpc) is 2.52. The lowest BCUT2D eigenvalue weighted by molar-refractivity contribution is -0.0868. The minimum atomic E-state index is -2.66. The van der Waals surface area contributed by atoms with Crippen molar-refractivity contribution in [2.24, 2.45) is 0 Å². The van der Waals surface area contributed by atoms with Crippen LogP contribution in [0, 0.1) is 0 Å². The molecule has 1 aromatic heterocycles. The third-order valence-corrected chi connectivity index (χ3v) is 4.37. The number of benzene rings is 1. The van der Waals surface area contributed by atoms with Gasteiger partial charge in [0.15, 0.2) is 10.9 Å². The largest absolute Gasteiger partial charge is 0.434 e. The molecule has 2 N–H and O–H groups in total. The Balaban J connectivity index is 0.00000109. The number of anilines is 1. The molecule has 1 aliphatic rings. The average molecular weight is 411 g/mol. The monoisotopic (exact) mass is 409 g/mol. The molecule has 1 heterocycles. The molecule has 0 amide bonds. The summed E-state index contributed by atoms with van der Waals surface area (Å²) in [5.74, 6) is -2.83. The molecule has 25 heavy (non-hydrogen) atoms. The van der Waals surface area contributed by atoms with Crippen LogP contribution in [0.4, 0.5) is 14.5 Å². The summed E-state index contributed by atoms with van der Waals surface area (Å²) in [7, 11) is 0. The summed E-state index contributed by atoms with van der Waals surface area (Å²) in [5.41, 5.74) is 6.46. The molecule has 0 radical (unpaired) electrons. The summed E-state index contributed by atoms with van der Waals surface area (Å²) >= 11 is 18.0. The standard InChI is InChI=1S/C14H10Cl3F2N3O.C2H6/c15-9-1-7(20)2-10(16)12(9)23-11-3-8(13(17)22-21-11)6-4-14(18,19)5-6;1-2/h1-3,6H,4-5,20H2;1-2H3. The zero-order chi connectivity index (χ0) is 18.8. The number of alkyl halides is 2. The van der Waals surface area contributed by atoms with Gasteiger partial charge < -0.3 is 10.5 Å². The highest BCUT2D eigenvalue weighted by Gasteiger charge is 2.46. The van der Waals surface area contributed by atoms with E-state index in [9.17, 15) is 8.78 Å². The van der Waals surface area contributed by atoms with E-state index >= 15 is 0 Å². The van der Waals surface area contributed by atoms with Crippen molar-refractivity contribution in [2.45, 2.75) is 38.5 Å². The lowest BCUT2D eigenvalue weighted by atomic mass is 9.77. The second-order valence-corrected chi connectivity index (χ2v) is 6.48. The van der Waals surface area contributed by atoms with Gasteiger partial charge in [0.25, 0.3) is 0 Å². The van der Waals surface area contributed by atoms with E-state index in [2.05, 4.69) is 10.2 Å². The van der Waals surface area contributed by atoms with Crippen LogP contribution < -0.4 is 10.5 Å². The smallest absolute Gasteiger partial charge is 0.249 e. The molecule has 0 saturated heterocycles. The molecule has 136 valence electrons. The molecular formula is C16H16Cl3F2N3O. The first-order valence-electron chi connectivity index (χ1n) is 7.58. The van der Waals surface area contributed by atoms with Crippen molar-refractivity contribution in [1.29, 1.82) is 0 Å². The Morgan fingerprint density at radius 3 is 2.16 bits per heavy atom. The van der Waals surface area contributed by atoms with Crippen LogP contribution in [0.3, 0.4) is 0 Å². The maximum Gasteiger partial charge on any atom is 0.249 e. The topological polar surface area (TPSA) is 61.0 Å². The van der Waals surface area contributed by atoms with Crippen molar-refractivity contribution >= 4 is 40.5 Å². The van der Waals surface area contributed by atoms with Crippen LogP contribution in [0.5, 0.6) is 11.6 Å². The number of nitrogens with zero attached hydrogens (tertiary/aromatic N) is 2. The first-order chi connectivity index (χ1) is 11.7. The minimum absolute atomic E-state index is 0.0631. The van der Waals surface area contributed by atoms with Crippen LogP contribution in [0.1, 0.15) is 38.2 Å². The maximum absolute atomic E-state index is 13.0. The van der Waals surface area contributed by atoms with E-state index in [-0.39, 0.29) is 45.6 Å². The maximum atomic E-state index is 13.0. The van der Waals surface area contributed by atoms with Gasteiger partial charge in [-0.15, -0.1) is 10.2 Å². The quantitative estimate of drug-likeness (QED) is 0.599. The molecule has 0 atom stereocenters. The summed E-state index contributed by atoms with van der Waals surface area (Å²) in [4.78, 5) is 0. The van der Waals surface area contributed by atoms with Crippen LogP contribution in [0.25, 0.3) is 0 Å². The number of nitrogen functional groups attached to an aromatic ring is 1. The fraction of sp³-hybridized carbons (Fsp3) is 0.375. The van der Waals surface area contributed by atoms with Crippen molar-refractivity contribution in [1.82, 2.24) is 10.2 Å². The summed E-state index contributed by atoms with van der Waals surface area (Å²) < 4.78 is 31.6. The summed E-state index contributed by atoms with van der Waals surface area (Å²) in [6.45, 7) is 4.00. The molecule has 0 aliphatic heterocycles. The van der Waals surface area contributed by atoms with Crippen LogP contribution >= 0.6 is 34.8 Å². The van der Waals surface area contributed by atoms with E-state index in [1.165, 1.54) is 18.2 Å². The van der Waals surface area contributed by atoms with Gasteiger partial charge in [0.1, 0.15) is 0 Å². The first-order valence-corrected chi connectivity index (χ1v) is 8.72. The minimum Gasteiger partial charge on any atom is -0.434 e. The fourth-order valence-corrected chi connectivity index (χ4v) is 3.20. The van der Waals surface area contributed by atoms with Gasteiger partial charge in [0, 0.05) is 30.2 Å². The SMILES string of the molecule is CC.Nc1cc(Cl)c(Oc2cc(C3CC(F)(F)C3)c(Cl)nn2)c(Cl)c1. The molecule has 3 rings (SSSR count). The summed E-state index contributed by atoms with van der Waals surface area (Å²) in [6.07, 6.45) is -0.553. The van der Waals surface area contributed by atoms with Gasteiger partial charge in [-0.3, -0.25) is 0 Å². The molecule has 9 heteroatoms. The Morgan fingerprint density at radius 2 is 1.64 bits per heavy atom. The number of aromatic nitrogens is 2. The zero-order valence-electron chi connectivity index (χ0n) is 13.5. The molecule has 0 unspecified atom stereocenters. The number of rotatable bonds is 3. The van der Waals surface area contributed by atoms with Crippen molar-refractivity contribution in [3.8, 4) is 11.6 Å². The number of hydrogen-bond acceptors (Lipinski definition) is 4. The molecule has 1 aromatic carbocycles. The highest BCUT2D eigenvalue weighted by Crippen LogP contribution is 2.50. The van der Waals surface area contributed by atoms with E-state index < -0.39 is 5.92 Å². The van der Waals surface area contributed by atoms with Gasteiger partial charge in [0.2, 0.25) is 11.8 Å². The normalized spacial score (nSPS) is 15.8. The van der Waals surface area contributed by atoms with Gasteiger partial charge in [-0.1, -0.05) is 48.7 Å². The van der Waals surface area contributed by atoms with E-state index in [0.717, 1.165) is 0 Å². The van der Waals surface area contributed by atoms with Crippen molar-refractivity contribution in [2.75, 3.05) is 5.73 Å². The van der Waals surface area contributed by atoms with E-state index in [0.29, 0.717) is 11.3 Å². The number of hydrogen-bond donors (Lipinski definition) is 1. The van der Waals surface area contributed by atoms with E-state index in [1.807, 2.05) is 13.8 Å². The molecular weight excluding hydrogens is 395 g/mol. The number of nitrogens with two attached hydrogens (primary N) is 1. The van der Waals surface area contributed by atoms with Gasteiger partial charge in [-0.25, -0.2) is 8.78 Å². The highest BCUT2D eigenvalue weighted by molar-refractivity contribution is 6.37. The molecule has 2 aromatic rings. The lowest BCUT2D eigenvalue weighted by Crippen LogP contribution is -2.33. The third kappa shape index (κ3) is 4.63. The Hall–Kier alpha value is -1.37. The van der Waals surface area contributed by atoms with Crippen LogP contribution in [-0.2, 0) is 0 Å². The lowest BCUT2D eigenvalue weighted by Gasteiger charge is -2.35. The van der Waals surface area contributed by atoms with Crippen LogP contribution in [0.15, 0.2) is 18.2 Å². The third-order valence-electron chi connectivity index (χ3n) is 3.51. The van der Waals surface area contributed by atoms with Gasteiger partial charge in [0.05, 0.1) is 10.0 Å². The Morgan fingerprint density at radius 1 is 1.08 bits per heavy atom. The van der Waals surface area contributed by atoms with Gasteiger partial charge in [-0.2, -0.15) is 0 Å². The molecule has 0 bridgehead atoms. The van der Waals surface area contributed by atoms with E-state index in [4.69, 9.17) is 45.3 Å². The molecule has 4 nitrogen and oxygen atoms in total. The zero-order valence-corrected chi connectivity index (χ0v) is 15.8. The molecule has 1 fully saturated rings. The second-order valence-electron chi connectivity index (χ2n) is 5.31. The first kappa shape index (κ1) is 19.9. The van der Waals surface area contributed by atoms with Crippen molar-refractivity contribution in [3.05, 3.63) is 39.0 Å². The van der Waals surface area contributed by atoms with Gasteiger partial charge >= 0.3 is 0 Å². The fourth-order valence-electron chi connectivity index (χ4n) is 2.37. The van der Waals surface area contributed by atoms with Crippen LogP contribution in [0.2, 0.25) is 15.2 Å². The Kier molecular flexibility index (Phi) is 6.30. The molecule has 1 aliphatic carbocycles. The number of ether oxygens (including phenoxy) is 1. The van der Waals surface area contributed by atoms with Crippen molar-refractivity contribution in [3.63, 3.8) is 0 Å². The predicted octanol–water partition coefficient (Wildman–Crippen LogP) is 6.35. The Bertz CT molecular complexity index is 743. The van der Waals surface area contributed by atoms with E-state index in [1.54, 1.807) is 0 Å².